The Bertz CT molecular complexity index is 600. The normalized spacial score (nSPS) is 15.0. The van der Waals surface area contributed by atoms with Crippen LogP contribution in [0.3, 0.4) is 0 Å². The number of carbonyl (C=O) groups is 3. The molecule has 7 heteroatoms. The highest BCUT2D eigenvalue weighted by Gasteiger charge is 2.25. The van der Waals surface area contributed by atoms with Crippen LogP contribution >= 0.6 is 0 Å². The number of carboxylic acids is 1. The van der Waals surface area contributed by atoms with Crippen LogP contribution in [0, 0.1) is 6.92 Å². The predicted molar refractivity (Wildman–Crippen MR) is 76.4 cm³/mol. The third kappa shape index (κ3) is 3.13. The van der Waals surface area contributed by atoms with E-state index in [0.717, 1.165) is 0 Å². The smallest absolute Gasteiger partial charge is 0.336 e. The van der Waals surface area contributed by atoms with Crippen LogP contribution in [0.25, 0.3) is 0 Å². The van der Waals surface area contributed by atoms with E-state index >= 15 is 0 Å². The van der Waals surface area contributed by atoms with E-state index in [9.17, 15) is 14.4 Å². The molecule has 1 aliphatic heterocycles. The molecule has 1 aliphatic rings. The maximum Gasteiger partial charge on any atom is 0.336 e. The van der Waals surface area contributed by atoms with Crippen LogP contribution in [0.5, 0.6) is 0 Å². The number of anilines is 1. The van der Waals surface area contributed by atoms with Crippen molar-refractivity contribution in [1.29, 1.82) is 0 Å². The molecule has 0 spiro atoms. The Morgan fingerprint density at radius 2 is 2.00 bits per heavy atom. The Balaban J connectivity index is 2.12. The maximum atomic E-state index is 12.1. The molecule has 2 rings (SSSR count). The summed E-state index contributed by atoms with van der Waals surface area (Å²) in [4.78, 5) is 37.8. The van der Waals surface area contributed by atoms with E-state index in [-0.39, 0.29) is 18.0 Å². The van der Waals surface area contributed by atoms with Crippen molar-refractivity contribution in [3.05, 3.63) is 29.3 Å². The number of nitrogens with zero attached hydrogens (tertiary/aromatic N) is 2. The fourth-order valence-electron chi connectivity index (χ4n) is 2.13. The van der Waals surface area contributed by atoms with Gasteiger partial charge in [-0.2, -0.15) is 0 Å². The summed E-state index contributed by atoms with van der Waals surface area (Å²) in [6.45, 7) is 2.60. The number of aromatic carboxylic acids is 1. The number of carboxylic acid groups (broad SMARTS) is 1. The molecule has 1 fully saturated rings. The van der Waals surface area contributed by atoms with Crippen LogP contribution in [-0.4, -0.2) is 59.5 Å². The zero-order valence-corrected chi connectivity index (χ0v) is 11.9. The van der Waals surface area contributed by atoms with Crippen LogP contribution in [0.1, 0.15) is 15.9 Å². The number of rotatable bonds is 2. The Morgan fingerprint density at radius 1 is 1.29 bits per heavy atom. The number of urea groups is 1. The minimum Gasteiger partial charge on any atom is -0.478 e. The van der Waals surface area contributed by atoms with Crippen molar-refractivity contribution in [2.24, 2.45) is 0 Å². The topological polar surface area (TPSA) is 90.0 Å². The molecule has 1 heterocycles. The Labute approximate surface area is 122 Å². The summed E-state index contributed by atoms with van der Waals surface area (Å²) in [6, 6.07) is 4.29. The second kappa shape index (κ2) is 5.82. The molecule has 0 bridgehead atoms. The minimum atomic E-state index is -1.04. The lowest BCUT2D eigenvalue weighted by molar-refractivity contribution is -0.133. The molecular weight excluding hydrogens is 274 g/mol. The molecule has 112 valence electrons. The first-order chi connectivity index (χ1) is 9.90. The zero-order chi connectivity index (χ0) is 15.6. The van der Waals surface area contributed by atoms with Crippen molar-refractivity contribution < 1.29 is 19.5 Å². The Hall–Kier alpha value is -2.57. The van der Waals surface area contributed by atoms with Crippen molar-refractivity contribution >= 4 is 23.6 Å². The van der Waals surface area contributed by atoms with Gasteiger partial charge in [-0.05, 0) is 24.6 Å². The van der Waals surface area contributed by atoms with Gasteiger partial charge >= 0.3 is 12.0 Å². The zero-order valence-electron chi connectivity index (χ0n) is 11.9. The van der Waals surface area contributed by atoms with Crippen molar-refractivity contribution in [2.45, 2.75) is 6.92 Å². The number of piperazine rings is 1. The SMILES string of the molecule is Cc1c(NC(=O)N2CCN(C)C(=O)C2)cccc1C(=O)O. The highest BCUT2D eigenvalue weighted by Crippen LogP contribution is 2.19. The van der Waals surface area contributed by atoms with E-state index in [1.807, 2.05) is 0 Å². The summed E-state index contributed by atoms with van der Waals surface area (Å²) in [5.41, 5.74) is 1.06. The number of carbonyl (C=O) groups excluding carboxylic acids is 2. The van der Waals surface area contributed by atoms with Gasteiger partial charge in [0.15, 0.2) is 0 Å². The summed E-state index contributed by atoms with van der Waals surface area (Å²) in [5.74, 6) is -1.16. The first-order valence-corrected chi connectivity index (χ1v) is 6.53. The number of likely N-dealkylation sites (N-methyl/N-ethyl adjacent to an activating group) is 1. The second-order valence-electron chi connectivity index (χ2n) is 4.95. The Kier molecular flexibility index (Phi) is 4.11. The first kappa shape index (κ1) is 14.8. The quantitative estimate of drug-likeness (QED) is 0.850. The van der Waals surface area contributed by atoms with Gasteiger partial charge in [0.25, 0.3) is 0 Å². The monoisotopic (exact) mass is 291 g/mol. The molecule has 0 saturated carbocycles. The summed E-state index contributed by atoms with van der Waals surface area (Å²) in [6.07, 6.45) is 0. The number of benzene rings is 1. The molecule has 3 amide bonds. The lowest BCUT2D eigenvalue weighted by Crippen LogP contribution is -2.51. The standard InChI is InChI=1S/C14H17N3O4/c1-9-10(13(19)20)4-3-5-11(9)15-14(21)17-7-6-16(2)12(18)8-17/h3-5H,6-8H2,1-2H3,(H,15,21)(H,19,20). The van der Waals surface area contributed by atoms with Gasteiger partial charge in [0.1, 0.15) is 6.54 Å². The van der Waals surface area contributed by atoms with Gasteiger partial charge in [0.2, 0.25) is 5.91 Å². The largest absolute Gasteiger partial charge is 0.478 e. The van der Waals surface area contributed by atoms with E-state index in [1.165, 1.54) is 11.0 Å². The lowest BCUT2D eigenvalue weighted by atomic mass is 10.1. The van der Waals surface area contributed by atoms with Gasteiger partial charge in [-0.25, -0.2) is 9.59 Å². The minimum absolute atomic E-state index is 0.0278. The van der Waals surface area contributed by atoms with Crippen molar-refractivity contribution in [3.8, 4) is 0 Å². The average Bonchev–Trinajstić information content (AvgIpc) is 2.43. The van der Waals surface area contributed by atoms with Crippen molar-refractivity contribution in [1.82, 2.24) is 9.80 Å². The van der Waals surface area contributed by atoms with Gasteiger partial charge < -0.3 is 20.2 Å². The van der Waals surface area contributed by atoms with Gasteiger partial charge in [-0.3, -0.25) is 4.79 Å². The summed E-state index contributed by atoms with van der Waals surface area (Å²) >= 11 is 0. The van der Waals surface area contributed by atoms with E-state index in [2.05, 4.69) is 5.32 Å². The highest BCUT2D eigenvalue weighted by molar-refractivity contribution is 5.96. The second-order valence-corrected chi connectivity index (χ2v) is 4.95. The predicted octanol–water partition coefficient (Wildman–Crippen LogP) is 0.999. The summed E-state index contributed by atoms with van der Waals surface area (Å²) < 4.78 is 0. The van der Waals surface area contributed by atoms with Crippen LogP contribution in [0.4, 0.5) is 10.5 Å². The Morgan fingerprint density at radius 3 is 2.62 bits per heavy atom. The number of hydrogen-bond acceptors (Lipinski definition) is 3. The molecule has 1 saturated heterocycles. The fourth-order valence-corrected chi connectivity index (χ4v) is 2.13. The lowest BCUT2D eigenvalue weighted by Gasteiger charge is -2.32. The number of amides is 3. The third-order valence-corrected chi connectivity index (χ3v) is 3.55. The molecule has 1 aromatic carbocycles. The van der Waals surface area contributed by atoms with Crippen LogP contribution < -0.4 is 5.32 Å². The van der Waals surface area contributed by atoms with Gasteiger partial charge in [0, 0.05) is 25.8 Å². The average molecular weight is 291 g/mol. The maximum absolute atomic E-state index is 12.1. The van der Waals surface area contributed by atoms with Crippen LogP contribution in [0.15, 0.2) is 18.2 Å². The van der Waals surface area contributed by atoms with E-state index in [1.54, 1.807) is 31.0 Å². The number of nitrogens with one attached hydrogen (secondary N) is 1. The van der Waals surface area contributed by atoms with Crippen LogP contribution in [-0.2, 0) is 4.79 Å². The molecule has 0 atom stereocenters. The van der Waals surface area contributed by atoms with Gasteiger partial charge in [0.05, 0.1) is 5.56 Å². The summed E-state index contributed by atoms with van der Waals surface area (Å²) in [5, 5.41) is 11.7. The van der Waals surface area contributed by atoms with E-state index in [4.69, 9.17) is 5.11 Å². The molecule has 0 radical (unpaired) electrons. The first-order valence-electron chi connectivity index (χ1n) is 6.53. The van der Waals surface area contributed by atoms with Gasteiger partial charge in [-0.1, -0.05) is 6.07 Å². The molecule has 0 unspecified atom stereocenters. The molecule has 7 nitrogen and oxygen atoms in total. The molecule has 2 N–H and O–H groups in total. The highest BCUT2D eigenvalue weighted by atomic mass is 16.4. The third-order valence-electron chi connectivity index (χ3n) is 3.55. The fraction of sp³-hybridized carbons (Fsp3) is 0.357. The van der Waals surface area contributed by atoms with Gasteiger partial charge in [-0.15, -0.1) is 0 Å². The molecule has 0 aromatic heterocycles. The summed E-state index contributed by atoms with van der Waals surface area (Å²) in [7, 11) is 1.69. The van der Waals surface area contributed by atoms with Crippen molar-refractivity contribution in [2.75, 3.05) is 32.0 Å². The van der Waals surface area contributed by atoms with E-state index < -0.39 is 12.0 Å². The van der Waals surface area contributed by atoms with Crippen LogP contribution in [0.2, 0.25) is 0 Å². The molecule has 0 aliphatic carbocycles. The van der Waals surface area contributed by atoms with Crippen molar-refractivity contribution in [3.63, 3.8) is 0 Å². The van der Waals surface area contributed by atoms with E-state index in [0.29, 0.717) is 24.3 Å². The number of hydrogen-bond donors (Lipinski definition) is 2. The molecule has 21 heavy (non-hydrogen) atoms. The molecular formula is C14H17N3O4. The molecule has 1 aromatic rings.